The Kier molecular flexibility index (Phi) is 5.02. The van der Waals surface area contributed by atoms with Gasteiger partial charge in [0.2, 0.25) is 11.8 Å². The van der Waals surface area contributed by atoms with Crippen molar-refractivity contribution in [3.8, 4) is 23.3 Å². The Labute approximate surface area is 169 Å². The first-order valence-corrected chi connectivity index (χ1v) is 8.91. The number of halogens is 2. The van der Waals surface area contributed by atoms with Gasteiger partial charge in [0, 0.05) is 35.7 Å². The Morgan fingerprint density at radius 2 is 1.93 bits per heavy atom. The van der Waals surface area contributed by atoms with E-state index >= 15 is 0 Å². The fourth-order valence-electron chi connectivity index (χ4n) is 3.31. The highest BCUT2D eigenvalue weighted by Crippen LogP contribution is 2.33. The number of carbonyl (C=O) groups excluding carboxylic acids is 1. The molecule has 0 saturated carbocycles. The molecule has 1 amide bonds. The Hall–Kier alpha value is -4.00. The zero-order chi connectivity index (χ0) is 21.3. The van der Waals surface area contributed by atoms with E-state index < -0.39 is 29.5 Å². The molecule has 8 nitrogen and oxygen atoms in total. The van der Waals surface area contributed by atoms with Crippen molar-refractivity contribution in [1.29, 1.82) is 5.26 Å². The smallest absolute Gasteiger partial charge is 0.316 e. The second-order valence-electron chi connectivity index (χ2n) is 6.58. The number of nitrogens with one attached hydrogen (secondary N) is 2. The molecule has 1 aliphatic rings. The second kappa shape index (κ2) is 7.79. The molecule has 3 aromatic rings. The summed E-state index contributed by atoms with van der Waals surface area (Å²) in [5, 5.41) is 22.0. The third-order valence-electron chi connectivity index (χ3n) is 4.81. The van der Waals surface area contributed by atoms with Crippen LogP contribution in [0.4, 0.5) is 14.8 Å². The average molecular weight is 411 g/mol. The summed E-state index contributed by atoms with van der Waals surface area (Å²) in [7, 11) is 1.31. The van der Waals surface area contributed by atoms with E-state index in [1.54, 1.807) is 24.3 Å². The van der Waals surface area contributed by atoms with Gasteiger partial charge in [-0.15, -0.1) is 5.10 Å². The molecule has 2 atom stereocenters. The lowest BCUT2D eigenvalue weighted by atomic mass is 9.93. The maximum atomic E-state index is 14.5. The molecule has 0 bridgehead atoms. The maximum Gasteiger partial charge on any atom is 0.316 e. The van der Waals surface area contributed by atoms with Gasteiger partial charge >= 0.3 is 6.01 Å². The number of ether oxygens (including phenoxy) is 1. The van der Waals surface area contributed by atoms with Crippen molar-refractivity contribution in [2.45, 2.75) is 12.0 Å². The molecular weight excluding hydrogens is 396 g/mol. The summed E-state index contributed by atoms with van der Waals surface area (Å²) < 4.78 is 39.4. The number of nitrogens with zero attached hydrogens (tertiary/aromatic N) is 3. The van der Waals surface area contributed by atoms with Gasteiger partial charge in [-0.3, -0.25) is 4.79 Å². The van der Waals surface area contributed by atoms with Gasteiger partial charge in [-0.25, -0.2) is 8.78 Å². The predicted molar refractivity (Wildman–Crippen MR) is 101 cm³/mol. The van der Waals surface area contributed by atoms with Crippen LogP contribution < -0.4 is 15.4 Å². The maximum absolute atomic E-state index is 14.5. The summed E-state index contributed by atoms with van der Waals surface area (Å²) in [5.41, 5.74) is 0.818. The first-order chi connectivity index (χ1) is 14.5. The number of hydrogen-bond donors (Lipinski definition) is 2. The molecule has 2 heterocycles. The van der Waals surface area contributed by atoms with E-state index in [2.05, 4.69) is 20.8 Å². The van der Waals surface area contributed by atoms with Gasteiger partial charge in [-0.05, 0) is 24.3 Å². The van der Waals surface area contributed by atoms with Crippen molar-refractivity contribution in [1.82, 2.24) is 15.5 Å². The number of benzene rings is 2. The third kappa shape index (κ3) is 3.53. The number of aromatic nitrogens is 2. The number of hydrogen-bond acceptors (Lipinski definition) is 7. The molecule has 0 spiro atoms. The quantitative estimate of drug-likeness (QED) is 0.663. The third-order valence-corrected chi connectivity index (χ3v) is 4.81. The van der Waals surface area contributed by atoms with Gasteiger partial charge in [0.15, 0.2) is 0 Å². The highest BCUT2D eigenvalue weighted by atomic mass is 19.1. The highest BCUT2D eigenvalue weighted by molar-refractivity contribution is 5.88. The first-order valence-electron chi connectivity index (χ1n) is 8.91. The molecule has 4 rings (SSSR count). The second-order valence-corrected chi connectivity index (χ2v) is 6.58. The Morgan fingerprint density at radius 1 is 1.23 bits per heavy atom. The number of nitriles is 1. The molecule has 1 aromatic heterocycles. The lowest BCUT2D eigenvalue weighted by Gasteiger charge is -2.19. The molecule has 10 heteroatoms. The van der Waals surface area contributed by atoms with Gasteiger partial charge in [0.1, 0.15) is 23.4 Å². The van der Waals surface area contributed by atoms with Crippen LogP contribution in [-0.2, 0) is 4.79 Å². The zero-order valence-corrected chi connectivity index (χ0v) is 15.6. The van der Waals surface area contributed by atoms with Gasteiger partial charge in [-0.2, -0.15) is 5.26 Å². The van der Waals surface area contributed by atoms with E-state index in [0.717, 1.165) is 12.1 Å². The van der Waals surface area contributed by atoms with E-state index in [9.17, 15) is 13.6 Å². The molecule has 0 unspecified atom stereocenters. The molecule has 0 aliphatic carbocycles. The summed E-state index contributed by atoms with van der Waals surface area (Å²) in [5.74, 6) is -2.72. The highest BCUT2D eigenvalue weighted by Gasteiger charge is 2.40. The van der Waals surface area contributed by atoms with Crippen LogP contribution in [0.2, 0.25) is 0 Å². The lowest BCUT2D eigenvalue weighted by molar-refractivity contribution is -0.119. The van der Waals surface area contributed by atoms with E-state index in [1.165, 1.54) is 7.11 Å². The van der Waals surface area contributed by atoms with Crippen LogP contribution >= 0.6 is 0 Å². The van der Waals surface area contributed by atoms with Crippen molar-refractivity contribution < 1.29 is 22.7 Å². The zero-order valence-electron chi connectivity index (χ0n) is 15.6. The van der Waals surface area contributed by atoms with Gasteiger partial charge in [0.25, 0.3) is 0 Å². The Balaban J connectivity index is 1.59. The van der Waals surface area contributed by atoms with Crippen LogP contribution in [0.3, 0.4) is 0 Å². The number of carbonyl (C=O) groups is 1. The van der Waals surface area contributed by atoms with E-state index in [0.29, 0.717) is 11.1 Å². The lowest BCUT2D eigenvalue weighted by Crippen LogP contribution is -2.33. The molecule has 2 aromatic carbocycles. The molecule has 30 heavy (non-hydrogen) atoms. The number of rotatable bonds is 5. The van der Waals surface area contributed by atoms with E-state index in [-0.39, 0.29) is 29.8 Å². The van der Waals surface area contributed by atoms with E-state index in [1.807, 2.05) is 6.07 Å². The van der Waals surface area contributed by atoms with Gasteiger partial charge in [0.05, 0.1) is 18.7 Å². The fourth-order valence-corrected chi connectivity index (χ4v) is 3.31. The molecule has 2 N–H and O–H groups in total. The van der Waals surface area contributed by atoms with Crippen molar-refractivity contribution >= 4 is 11.9 Å². The summed E-state index contributed by atoms with van der Waals surface area (Å²) >= 11 is 0. The number of amides is 1. The van der Waals surface area contributed by atoms with Crippen molar-refractivity contribution in [3.05, 3.63) is 59.2 Å². The normalized spacial score (nSPS) is 18.0. The summed E-state index contributed by atoms with van der Waals surface area (Å²) in [4.78, 5) is 12.3. The SMILES string of the molecule is COc1cc(F)c([C@@H]2CNC(=O)[C@H]2Nc2nnc(-c3ccc(C#N)cc3)o2)c(F)c1. The monoisotopic (exact) mass is 411 g/mol. The summed E-state index contributed by atoms with van der Waals surface area (Å²) in [6.07, 6.45) is 0. The van der Waals surface area contributed by atoms with Gasteiger partial charge < -0.3 is 19.8 Å². The molecule has 1 aliphatic heterocycles. The molecule has 152 valence electrons. The largest absolute Gasteiger partial charge is 0.497 e. The fraction of sp³-hybridized carbons (Fsp3) is 0.200. The van der Waals surface area contributed by atoms with Crippen LogP contribution in [-0.4, -0.2) is 35.8 Å². The van der Waals surface area contributed by atoms with Crippen molar-refractivity contribution in [2.75, 3.05) is 19.0 Å². The van der Waals surface area contributed by atoms with E-state index in [4.69, 9.17) is 14.4 Å². The Bertz CT molecular complexity index is 1120. The van der Waals surface area contributed by atoms with Crippen LogP contribution in [0.15, 0.2) is 40.8 Å². The van der Waals surface area contributed by atoms with Crippen molar-refractivity contribution in [3.63, 3.8) is 0 Å². The van der Waals surface area contributed by atoms with Crippen LogP contribution in [0.25, 0.3) is 11.5 Å². The molecule has 0 radical (unpaired) electrons. The number of anilines is 1. The standard InChI is InChI=1S/C20H15F2N5O3/c1-29-12-6-14(21)16(15(22)7-12)13-9-24-18(28)17(13)25-20-27-26-19(30-20)11-4-2-10(8-23)3-5-11/h2-7,13,17H,9H2,1H3,(H,24,28)(H,25,27)/t13-,17-/m0/s1. The molecule has 1 fully saturated rings. The minimum atomic E-state index is -1.02. The molecular formula is C20H15F2N5O3. The van der Waals surface area contributed by atoms with Crippen LogP contribution in [0.1, 0.15) is 17.0 Å². The van der Waals surface area contributed by atoms with Crippen LogP contribution in [0.5, 0.6) is 5.75 Å². The minimum absolute atomic E-state index is 0.0350. The Morgan fingerprint density at radius 3 is 2.57 bits per heavy atom. The van der Waals surface area contributed by atoms with Gasteiger partial charge in [-0.1, -0.05) is 5.10 Å². The average Bonchev–Trinajstić information content (AvgIpc) is 3.36. The summed E-state index contributed by atoms with van der Waals surface area (Å²) in [6.45, 7) is 0.0350. The van der Waals surface area contributed by atoms with Crippen molar-refractivity contribution in [2.24, 2.45) is 0 Å². The van der Waals surface area contributed by atoms with Crippen LogP contribution in [0, 0.1) is 23.0 Å². The first kappa shape index (κ1) is 19.3. The molecule has 1 saturated heterocycles. The predicted octanol–water partition coefficient (Wildman–Crippen LogP) is 2.59. The minimum Gasteiger partial charge on any atom is -0.497 e. The summed E-state index contributed by atoms with van der Waals surface area (Å²) in [6, 6.07) is 9.53. The topological polar surface area (TPSA) is 113 Å². The number of methoxy groups -OCH3 is 1.